The Bertz CT molecular complexity index is 1480. The smallest absolute Gasteiger partial charge is 0.296 e. The van der Waals surface area contributed by atoms with Crippen molar-refractivity contribution < 1.29 is 19.5 Å². The van der Waals surface area contributed by atoms with Crippen LogP contribution >= 0.6 is 0 Å². The molecular formula is C24H23N7O5. The van der Waals surface area contributed by atoms with E-state index >= 15 is 0 Å². The summed E-state index contributed by atoms with van der Waals surface area (Å²) in [5.74, 6) is -2.45. The van der Waals surface area contributed by atoms with Crippen LogP contribution in [0.3, 0.4) is 0 Å². The molecule has 4 rings (SSSR count). The molecule has 3 N–H and O–H groups in total. The second-order valence-corrected chi connectivity index (χ2v) is 8.12. The van der Waals surface area contributed by atoms with E-state index in [-0.39, 0.29) is 24.7 Å². The van der Waals surface area contributed by atoms with Crippen molar-refractivity contribution in [2.24, 2.45) is 7.05 Å². The number of hydrogen-bond acceptors (Lipinski definition) is 9. The fraction of sp³-hybridized carbons (Fsp3) is 0.250. The number of carbonyl (C=O) groups excluding carboxylic acids is 1. The van der Waals surface area contributed by atoms with Gasteiger partial charge in [-0.2, -0.15) is 10.4 Å². The van der Waals surface area contributed by atoms with E-state index in [9.17, 15) is 25.1 Å². The molecule has 0 aliphatic heterocycles. The Morgan fingerprint density at radius 3 is 2.78 bits per heavy atom. The predicted octanol–water partition coefficient (Wildman–Crippen LogP) is 1.72. The molecule has 0 aliphatic rings. The predicted molar refractivity (Wildman–Crippen MR) is 126 cm³/mol. The van der Waals surface area contributed by atoms with Crippen LogP contribution in [0.15, 0.2) is 58.4 Å². The summed E-state index contributed by atoms with van der Waals surface area (Å²) < 4.78 is 7.44. The van der Waals surface area contributed by atoms with Crippen LogP contribution in [0, 0.1) is 11.3 Å². The molecule has 2 atom stereocenters. The van der Waals surface area contributed by atoms with E-state index < -0.39 is 34.7 Å². The third-order valence-corrected chi connectivity index (χ3v) is 5.87. The molecular weight excluding hydrogens is 466 g/mol. The van der Waals surface area contributed by atoms with Gasteiger partial charge in [-0.3, -0.25) is 18.8 Å². The van der Waals surface area contributed by atoms with Crippen LogP contribution in [-0.4, -0.2) is 47.2 Å². The quantitative estimate of drug-likeness (QED) is 0.333. The van der Waals surface area contributed by atoms with Gasteiger partial charge in [0.05, 0.1) is 37.2 Å². The maximum Gasteiger partial charge on any atom is 0.296 e. The van der Waals surface area contributed by atoms with Gasteiger partial charge in [0.2, 0.25) is 5.75 Å². The molecule has 1 aromatic carbocycles. The number of benzene rings is 1. The summed E-state index contributed by atoms with van der Waals surface area (Å²) >= 11 is 0. The van der Waals surface area contributed by atoms with E-state index in [1.54, 1.807) is 41.3 Å². The molecule has 0 radical (unpaired) electrons. The molecule has 12 nitrogen and oxygen atoms in total. The molecule has 0 spiro atoms. The molecule has 0 saturated carbocycles. The number of amides is 1. The Labute approximate surface area is 205 Å². The number of nitrogens with one attached hydrogen (secondary N) is 1. The Hall–Kier alpha value is -4.76. The Kier molecular flexibility index (Phi) is 6.93. The lowest BCUT2D eigenvalue weighted by atomic mass is 9.80. The standard InChI is InChI=1S/C24H23N7O5/c1-14(19(16-10-26-31(12-16)7-8-32)18-6-4-3-5-15(18)9-25)22-29-20(21(33)24(35)30(22)2)23(34)28-17-11-27-36-13-17/h3-6,10-14,19,32-33H,7-8H2,1-2H3,(H,28,34). The van der Waals surface area contributed by atoms with E-state index in [4.69, 9.17) is 4.52 Å². The fourth-order valence-corrected chi connectivity index (χ4v) is 4.15. The van der Waals surface area contributed by atoms with Crippen molar-refractivity contribution in [3.05, 3.63) is 87.7 Å². The highest BCUT2D eigenvalue weighted by Crippen LogP contribution is 2.39. The van der Waals surface area contributed by atoms with Gasteiger partial charge in [0, 0.05) is 25.1 Å². The van der Waals surface area contributed by atoms with Crippen molar-refractivity contribution in [2.75, 3.05) is 11.9 Å². The molecule has 3 heterocycles. The average Bonchev–Trinajstić information content (AvgIpc) is 3.56. The van der Waals surface area contributed by atoms with Crippen molar-refractivity contribution in [1.29, 1.82) is 5.26 Å². The highest BCUT2D eigenvalue weighted by Gasteiger charge is 2.31. The van der Waals surface area contributed by atoms with Gasteiger partial charge in [-0.05, 0) is 17.2 Å². The van der Waals surface area contributed by atoms with Gasteiger partial charge in [-0.15, -0.1) is 0 Å². The monoisotopic (exact) mass is 489 g/mol. The minimum absolute atomic E-state index is 0.102. The van der Waals surface area contributed by atoms with Crippen LogP contribution in [0.4, 0.5) is 5.69 Å². The van der Waals surface area contributed by atoms with Crippen molar-refractivity contribution in [3.63, 3.8) is 0 Å². The number of nitriles is 1. The Morgan fingerprint density at radius 1 is 1.31 bits per heavy atom. The van der Waals surface area contributed by atoms with Gasteiger partial charge < -0.3 is 20.1 Å². The third-order valence-electron chi connectivity index (χ3n) is 5.87. The minimum Gasteiger partial charge on any atom is -0.501 e. The van der Waals surface area contributed by atoms with Crippen LogP contribution in [-0.2, 0) is 13.6 Å². The summed E-state index contributed by atoms with van der Waals surface area (Å²) in [5, 5.41) is 39.7. The minimum atomic E-state index is -0.813. The van der Waals surface area contributed by atoms with E-state index in [1.807, 2.05) is 6.92 Å². The summed E-state index contributed by atoms with van der Waals surface area (Å²) in [6.07, 6.45) is 5.84. The van der Waals surface area contributed by atoms with Crippen LogP contribution < -0.4 is 10.9 Å². The first-order valence-corrected chi connectivity index (χ1v) is 11.0. The van der Waals surface area contributed by atoms with Crippen LogP contribution in [0.1, 0.15) is 51.8 Å². The lowest BCUT2D eigenvalue weighted by Crippen LogP contribution is -2.29. The molecule has 4 aromatic rings. The Balaban J connectivity index is 1.85. The largest absolute Gasteiger partial charge is 0.501 e. The average molecular weight is 489 g/mol. The van der Waals surface area contributed by atoms with Gasteiger partial charge in [0.15, 0.2) is 5.69 Å². The topological polar surface area (TPSA) is 172 Å². The third kappa shape index (κ3) is 4.59. The number of anilines is 1. The van der Waals surface area contributed by atoms with Crippen molar-refractivity contribution >= 4 is 11.6 Å². The number of aliphatic hydroxyl groups excluding tert-OH is 1. The number of aliphatic hydroxyl groups is 1. The maximum atomic E-state index is 12.9. The van der Waals surface area contributed by atoms with Crippen LogP contribution in [0.25, 0.3) is 0 Å². The molecule has 2 unspecified atom stereocenters. The van der Waals surface area contributed by atoms with Gasteiger partial charge in [-0.1, -0.05) is 30.3 Å². The van der Waals surface area contributed by atoms with E-state index in [0.29, 0.717) is 11.1 Å². The Morgan fingerprint density at radius 2 is 2.08 bits per heavy atom. The molecule has 0 saturated heterocycles. The molecule has 184 valence electrons. The molecule has 12 heteroatoms. The molecule has 0 bridgehead atoms. The lowest BCUT2D eigenvalue weighted by molar-refractivity contribution is 0.101. The molecule has 0 fully saturated rings. The van der Waals surface area contributed by atoms with Crippen LogP contribution in [0.2, 0.25) is 0 Å². The van der Waals surface area contributed by atoms with Gasteiger partial charge in [0.25, 0.3) is 11.5 Å². The molecule has 0 aliphatic carbocycles. The first-order valence-electron chi connectivity index (χ1n) is 11.0. The van der Waals surface area contributed by atoms with Gasteiger partial charge >= 0.3 is 0 Å². The highest BCUT2D eigenvalue weighted by atomic mass is 16.5. The summed E-state index contributed by atoms with van der Waals surface area (Å²) in [6.45, 7) is 1.99. The summed E-state index contributed by atoms with van der Waals surface area (Å²) in [6, 6.07) is 9.25. The molecule has 1 amide bonds. The van der Waals surface area contributed by atoms with Gasteiger partial charge in [-0.25, -0.2) is 4.98 Å². The number of hydrogen-bond donors (Lipinski definition) is 3. The lowest BCUT2D eigenvalue weighted by Gasteiger charge is -2.26. The summed E-state index contributed by atoms with van der Waals surface area (Å²) in [5.41, 5.74) is 0.799. The van der Waals surface area contributed by atoms with Gasteiger partial charge in [0.1, 0.15) is 17.8 Å². The number of aromatic hydroxyl groups is 1. The van der Waals surface area contributed by atoms with Crippen molar-refractivity contribution in [2.45, 2.75) is 25.3 Å². The van der Waals surface area contributed by atoms with E-state index in [2.05, 4.69) is 26.6 Å². The zero-order valence-corrected chi connectivity index (χ0v) is 19.5. The summed E-state index contributed by atoms with van der Waals surface area (Å²) in [4.78, 5) is 30.1. The summed E-state index contributed by atoms with van der Waals surface area (Å²) in [7, 11) is 1.45. The number of carbonyl (C=O) groups is 1. The second kappa shape index (κ2) is 10.2. The second-order valence-electron chi connectivity index (χ2n) is 8.12. The number of nitrogens with zero attached hydrogens (tertiary/aromatic N) is 6. The highest BCUT2D eigenvalue weighted by molar-refractivity contribution is 6.04. The SMILES string of the molecule is CC(c1nc(C(=O)Nc2cnoc2)c(O)c(=O)n1C)C(c1cnn(CCO)c1)c1ccccc1C#N. The van der Waals surface area contributed by atoms with Crippen molar-refractivity contribution in [3.8, 4) is 11.8 Å². The van der Waals surface area contributed by atoms with E-state index in [0.717, 1.165) is 5.56 Å². The first kappa shape index (κ1) is 24.4. The first-order chi connectivity index (χ1) is 17.3. The number of aromatic nitrogens is 5. The van der Waals surface area contributed by atoms with Crippen molar-refractivity contribution in [1.82, 2.24) is 24.5 Å². The zero-order valence-electron chi connectivity index (χ0n) is 19.5. The molecule has 36 heavy (non-hydrogen) atoms. The van der Waals surface area contributed by atoms with Crippen LogP contribution in [0.5, 0.6) is 5.75 Å². The zero-order chi connectivity index (χ0) is 25.8. The maximum absolute atomic E-state index is 12.9. The number of rotatable bonds is 8. The molecule has 3 aromatic heterocycles. The fourth-order valence-electron chi connectivity index (χ4n) is 4.15. The normalized spacial score (nSPS) is 12.6. The van der Waals surface area contributed by atoms with E-state index in [1.165, 1.54) is 24.1 Å².